The van der Waals surface area contributed by atoms with Crippen LogP contribution in [0.3, 0.4) is 0 Å². The van der Waals surface area contributed by atoms with Crippen LogP contribution in [0.25, 0.3) is 10.9 Å². The highest BCUT2D eigenvalue weighted by atomic mass is 16.3. The molecule has 24 heavy (non-hydrogen) atoms. The molecule has 2 aromatic heterocycles. The molecule has 2 heterocycles. The summed E-state index contributed by atoms with van der Waals surface area (Å²) in [4.78, 5) is 33.1. The summed E-state index contributed by atoms with van der Waals surface area (Å²) >= 11 is 0. The normalized spacial score (nSPS) is 10.7. The molecule has 2 N–H and O–H groups in total. The van der Waals surface area contributed by atoms with Gasteiger partial charge in [-0.3, -0.25) is 4.79 Å². The predicted octanol–water partition coefficient (Wildman–Crippen LogP) is 2.25. The molecule has 0 atom stereocenters. The number of hydrogen-bond donors (Lipinski definition) is 2. The number of hydrogen-bond acceptors (Lipinski definition) is 4. The van der Waals surface area contributed by atoms with Crippen molar-refractivity contribution >= 4 is 16.9 Å². The number of para-hydroxylation sites is 1. The second kappa shape index (κ2) is 6.99. The lowest BCUT2D eigenvalue weighted by molar-refractivity contribution is 0.195. The number of urea groups is 1. The van der Waals surface area contributed by atoms with Crippen LogP contribution in [-0.4, -0.2) is 27.4 Å². The van der Waals surface area contributed by atoms with Gasteiger partial charge in [-0.2, -0.15) is 0 Å². The fourth-order valence-electron chi connectivity index (χ4n) is 2.41. The highest BCUT2D eigenvalue weighted by Gasteiger charge is 2.14. The van der Waals surface area contributed by atoms with Gasteiger partial charge in [-0.1, -0.05) is 12.1 Å². The number of aromatic amines is 1. The summed E-state index contributed by atoms with van der Waals surface area (Å²) in [6.45, 7) is 2.89. The van der Waals surface area contributed by atoms with Crippen molar-refractivity contribution in [1.29, 1.82) is 0 Å². The molecule has 7 nitrogen and oxygen atoms in total. The van der Waals surface area contributed by atoms with E-state index in [1.54, 1.807) is 41.5 Å². The third-order valence-electron chi connectivity index (χ3n) is 3.67. The molecule has 0 spiro atoms. The monoisotopic (exact) mass is 326 g/mol. The van der Waals surface area contributed by atoms with Crippen LogP contribution in [0.15, 0.2) is 51.9 Å². The second-order valence-electron chi connectivity index (χ2n) is 5.28. The SMILES string of the molecule is CCN(Cc1nc2ccccc2c(=O)[nH]1)C(=O)NCc1ccco1. The van der Waals surface area contributed by atoms with E-state index >= 15 is 0 Å². The molecule has 7 heteroatoms. The first kappa shape index (κ1) is 15.8. The first-order valence-corrected chi connectivity index (χ1v) is 7.70. The first-order valence-electron chi connectivity index (χ1n) is 7.70. The fourth-order valence-corrected chi connectivity index (χ4v) is 2.41. The van der Waals surface area contributed by atoms with E-state index in [0.717, 1.165) is 0 Å². The van der Waals surface area contributed by atoms with Gasteiger partial charge in [0.1, 0.15) is 11.6 Å². The van der Waals surface area contributed by atoms with Crippen molar-refractivity contribution in [2.45, 2.75) is 20.0 Å². The summed E-state index contributed by atoms with van der Waals surface area (Å²) in [6, 6.07) is 10.4. The highest BCUT2D eigenvalue weighted by Crippen LogP contribution is 2.07. The van der Waals surface area contributed by atoms with E-state index < -0.39 is 0 Å². The van der Waals surface area contributed by atoms with Crippen LogP contribution in [0.5, 0.6) is 0 Å². The molecule has 124 valence electrons. The molecule has 1 aromatic carbocycles. The topological polar surface area (TPSA) is 91.2 Å². The van der Waals surface area contributed by atoms with Crippen molar-refractivity contribution in [2.75, 3.05) is 6.54 Å². The lowest BCUT2D eigenvalue weighted by Crippen LogP contribution is -2.39. The molecule has 0 radical (unpaired) electrons. The van der Waals surface area contributed by atoms with Gasteiger partial charge in [0.2, 0.25) is 0 Å². The average molecular weight is 326 g/mol. The number of H-pyrrole nitrogens is 1. The van der Waals surface area contributed by atoms with Gasteiger partial charge in [0.25, 0.3) is 5.56 Å². The number of benzene rings is 1. The van der Waals surface area contributed by atoms with Crippen molar-refractivity contribution in [1.82, 2.24) is 20.2 Å². The van der Waals surface area contributed by atoms with Crippen molar-refractivity contribution in [3.05, 3.63) is 64.6 Å². The summed E-state index contributed by atoms with van der Waals surface area (Å²) < 4.78 is 5.19. The Kier molecular flexibility index (Phi) is 4.60. The maximum atomic E-state index is 12.3. The summed E-state index contributed by atoms with van der Waals surface area (Å²) in [5.41, 5.74) is 0.408. The number of nitrogens with one attached hydrogen (secondary N) is 2. The Hall–Kier alpha value is -3.09. The van der Waals surface area contributed by atoms with Crippen LogP contribution in [0, 0.1) is 0 Å². The number of aromatic nitrogens is 2. The molecule has 3 rings (SSSR count). The van der Waals surface area contributed by atoms with Crippen LogP contribution >= 0.6 is 0 Å². The van der Waals surface area contributed by atoms with E-state index in [-0.39, 0.29) is 18.1 Å². The Morgan fingerprint density at radius 2 is 2.12 bits per heavy atom. The standard InChI is InChI=1S/C17H18N4O3/c1-2-21(17(23)18-10-12-6-5-9-24-12)11-15-19-14-8-4-3-7-13(14)16(22)20-15/h3-9H,2,10-11H2,1H3,(H,18,23)(H,19,20,22). The number of amides is 2. The number of carbonyl (C=O) groups excluding carboxylic acids is 1. The van der Waals surface area contributed by atoms with Crippen LogP contribution in [0.4, 0.5) is 4.79 Å². The third-order valence-corrected chi connectivity index (χ3v) is 3.67. The highest BCUT2D eigenvalue weighted by molar-refractivity contribution is 5.77. The molecule has 0 saturated heterocycles. The van der Waals surface area contributed by atoms with E-state index in [1.807, 2.05) is 13.0 Å². The van der Waals surface area contributed by atoms with Gasteiger partial charge < -0.3 is 19.6 Å². The molecule has 0 aliphatic rings. The minimum atomic E-state index is -0.246. The average Bonchev–Trinajstić information content (AvgIpc) is 3.11. The maximum Gasteiger partial charge on any atom is 0.318 e. The van der Waals surface area contributed by atoms with Crippen molar-refractivity contribution in [2.24, 2.45) is 0 Å². The predicted molar refractivity (Wildman–Crippen MR) is 89.4 cm³/mol. The Morgan fingerprint density at radius 1 is 1.29 bits per heavy atom. The Bertz CT molecular complexity index is 886. The van der Waals surface area contributed by atoms with Gasteiger partial charge in [-0.25, -0.2) is 9.78 Å². The molecule has 0 unspecified atom stereocenters. The summed E-state index contributed by atoms with van der Waals surface area (Å²) in [7, 11) is 0. The van der Waals surface area contributed by atoms with Crippen LogP contribution < -0.4 is 10.9 Å². The Balaban J connectivity index is 1.72. The molecule has 3 aromatic rings. The number of nitrogens with zero attached hydrogens (tertiary/aromatic N) is 2. The Labute approximate surface area is 138 Å². The second-order valence-corrected chi connectivity index (χ2v) is 5.28. The quantitative estimate of drug-likeness (QED) is 0.752. The molecule has 0 bridgehead atoms. The smallest absolute Gasteiger partial charge is 0.318 e. The van der Waals surface area contributed by atoms with Crippen LogP contribution in [-0.2, 0) is 13.1 Å². The maximum absolute atomic E-state index is 12.3. The molecule has 0 aliphatic carbocycles. The largest absolute Gasteiger partial charge is 0.467 e. The van der Waals surface area contributed by atoms with E-state index in [1.165, 1.54) is 0 Å². The van der Waals surface area contributed by atoms with Crippen molar-refractivity contribution in [3.8, 4) is 0 Å². The summed E-state index contributed by atoms with van der Waals surface area (Å²) in [6.07, 6.45) is 1.56. The first-order chi connectivity index (χ1) is 11.7. The Morgan fingerprint density at radius 3 is 2.88 bits per heavy atom. The zero-order valence-electron chi connectivity index (χ0n) is 13.3. The summed E-state index contributed by atoms with van der Waals surface area (Å²) in [5.74, 6) is 1.13. The number of fused-ring (bicyclic) bond motifs is 1. The van der Waals surface area contributed by atoms with Crippen LogP contribution in [0.2, 0.25) is 0 Å². The van der Waals surface area contributed by atoms with E-state index in [2.05, 4.69) is 15.3 Å². The lowest BCUT2D eigenvalue weighted by atomic mass is 10.2. The van der Waals surface area contributed by atoms with Crippen molar-refractivity contribution in [3.63, 3.8) is 0 Å². The van der Waals surface area contributed by atoms with Crippen LogP contribution in [0.1, 0.15) is 18.5 Å². The van der Waals surface area contributed by atoms with Crippen molar-refractivity contribution < 1.29 is 9.21 Å². The third kappa shape index (κ3) is 3.45. The number of carbonyl (C=O) groups is 1. The molecule has 2 amide bonds. The zero-order valence-corrected chi connectivity index (χ0v) is 13.3. The molecular weight excluding hydrogens is 308 g/mol. The molecular formula is C17H18N4O3. The van der Waals surface area contributed by atoms with Gasteiger partial charge in [-0.05, 0) is 31.2 Å². The van der Waals surface area contributed by atoms with Gasteiger partial charge in [0.05, 0.1) is 30.3 Å². The fraction of sp³-hybridized carbons (Fsp3) is 0.235. The molecule has 0 fully saturated rings. The van der Waals surface area contributed by atoms with E-state index in [0.29, 0.717) is 35.6 Å². The minimum absolute atomic E-state index is 0.206. The zero-order chi connectivity index (χ0) is 16.9. The van der Waals surface area contributed by atoms with E-state index in [4.69, 9.17) is 4.42 Å². The van der Waals surface area contributed by atoms with Gasteiger partial charge in [0.15, 0.2) is 0 Å². The number of rotatable bonds is 5. The van der Waals surface area contributed by atoms with Gasteiger partial charge >= 0.3 is 6.03 Å². The van der Waals surface area contributed by atoms with Gasteiger partial charge in [0, 0.05) is 6.54 Å². The van der Waals surface area contributed by atoms with E-state index in [9.17, 15) is 9.59 Å². The molecule has 0 aliphatic heterocycles. The van der Waals surface area contributed by atoms with Gasteiger partial charge in [-0.15, -0.1) is 0 Å². The number of furan rings is 1. The minimum Gasteiger partial charge on any atom is -0.467 e. The lowest BCUT2D eigenvalue weighted by Gasteiger charge is -2.20. The summed E-state index contributed by atoms with van der Waals surface area (Å²) in [5, 5.41) is 3.32. The molecule has 0 saturated carbocycles.